The summed E-state index contributed by atoms with van der Waals surface area (Å²) < 4.78 is 0. The van der Waals surface area contributed by atoms with Crippen molar-refractivity contribution in [3.63, 3.8) is 0 Å². The standard InChI is InChI=1S/C7H11NOS3/c1-10-6-11-12-7-4-2-3-5-8(7)9/h2-4,9H,5-6H2,1H3. The molecule has 0 spiro atoms. The summed E-state index contributed by atoms with van der Waals surface area (Å²) in [6.45, 7) is 0.596. The third-order valence-corrected chi connectivity index (χ3v) is 4.91. The number of hydroxylamine groups is 2. The van der Waals surface area contributed by atoms with Gasteiger partial charge in [-0.2, -0.15) is 11.8 Å². The van der Waals surface area contributed by atoms with Gasteiger partial charge in [0.2, 0.25) is 0 Å². The molecule has 1 heterocycles. The molecule has 1 N–H and O–H groups in total. The lowest BCUT2D eigenvalue weighted by Crippen LogP contribution is -2.18. The molecular weight excluding hydrogens is 210 g/mol. The number of nitrogens with zero attached hydrogens (tertiary/aromatic N) is 1. The van der Waals surface area contributed by atoms with Crippen LogP contribution >= 0.6 is 33.3 Å². The van der Waals surface area contributed by atoms with Crippen molar-refractivity contribution in [2.24, 2.45) is 0 Å². The number of rotatable bonds is 4. The van der Waals surface area contributed by atoms with Gasteiger partial charge in [-0.1, -0.05) is 22.9 Å². The van der Waals surface area contributed by atoms with Crippen LogP contribution in [0, 0.1) is 0 Å². The fraction of sp³-hybridized carbons (Fsp3) is 0.429. The summed E-state index contributed by atoms with van der Waals surface area (Å²) in [6.07, 6.45) is 7.87. The molecule has 0 bridgehead atoms. The largest absolute Gasteiger partial charge is 0.288 e. The lowest BCUT2D eigenvalue weighted by atomic mass is 10.4. The van der Waals surface area contributed by atoms with Crippen molar-refractivity contribution in [2.75, 3.05) is 17.9 Å². The van der Waals surface area contributed by atoms with Gasteiger partial charge in [0.1, 0.15) is 5.03 Å². The highest BCUT2D eigenvalue weighted by Crippen LogP contribution is 2.34. The monoisotopic (exact) mass is 221 g/mol. The molecule has 12 heavy (non-hydrogen) atoms. The lowest BCUT2D eigenvalue weighted by Gasteiger charge is -2.19. The molecule has 0 unspecified atom stereocenters. The zero-order valence-electron chi connectivity index (χ0n) is 6.77. The van der Waals surface area contributed by atoms with Crippen molar-refractivity contribution >= 4 is 33.3 Å². The predicted molar refractivity (Wildman–Crippen MR) is 59.3 cm³/mol. The summed E-state index contributed by atoms with van der Waals surface area (Å²) in [4.78, 5) is 0. The van der Waals surface area contributed by atoms with Crippen LogP contribution in [0.4, 0.5) is 0 Å². The van der Waals surface area contributed by atoms with E-state index in [2.05, 4.69) is 6.26 Å². The smallest absolute Gasteiger partial charge is 0.107 e. The van der Waals surface area contributed by atoms with Crippen LogP contribution in [0.1, 0.15) is 0 Å². The van der Waals surface area contributed by atoms with Crippen molar-refractivity contribution in [3.8, 4) is 0 Å². The van der Waals surface area contributed by atoms with E-state index < -0.39 is 0 Å². The number of thioether (sulfide) groups is 1. The summed E-state index contributed by atoms with van der Waals surface area (Å²) in [5.41, 5.74) is 0. The maximum absolute atomic E-state index is 9.34. The summed E-state index contributed by atoms with van der Waals surface area (Å²) in [5, 5.41) is 12.6. The molecule has 0 fully saturated rings. The van der Waals surface area contributed by atoms with Gasteiger partial charge in [0.25, 0.3) is 0 Å². The van der Waals surface area contributed by atoms with Gasteiger partial charge >= 0.3 is 0 Å². The van der Waals surface area contributed by atoms with Crippen LogP contribution in [0.15, 0.2) is 23.3 Å². The van der Waals surface area contributed by atoms with Crippen LogP contribution in [-0.4, -0.2) is 28.2 Å². The number of hydrogen-bond acceptors (Lipinski definition) is 5. The Labute approximate surface area is 84.8 Å². The zero-order chi connectivity index (χ0) is 8.81. The van der Waals surface area contributed by atoms with E-state index in [4.69, 9.17) is 0 Å². The second kappa shape index (κ2) is 5.85. The van der Waals surface area contributed by atoms with Gasteiger partial charge in [-0.05, 0) is 23.1 Å². The fourth-order valence-electron chi connectivity index (χ4n) is 0.690. The maximum Gasteiger partial charge on any atom is 0.107 e. The Morgan fingerprint density at radius 3 is 3.17 bits per heavy atom. The van der Waals surface area contributed by atoms with E-state index >= 15 is 0 Å². The molecule has 0 amide bonds. The van der Waals surface area contributed by atoms with Crippen molar-refractivity contribution in [2.45, 2.75) is 0 Å². The average molecular weight is 221 g/mol. The Morgan fingerprint density at radius 2 is 2.50 bits per heavy atom. The van der Waals surface area contributed by atoms with Crippen molar-refractivity contribution in [1.29, 1.82) is 0 Å². The number of allylic oxidation sites excluding steroid dienone is 2. The normalized spacial score (nSPS) is 16.5. The molecule has 1 rings (SSSR count). The average Bonchev–Trinajstić information content (AvgIpc) is 2.09. The minimum atomic E-state index is 0.596. The lowest BCUT2D eigenvalue weighted by molar-refractivity contribution is -0.0348. The summed E-state index contributed by atoms with van der Waals surface area (Å²) >= 11 is 1.79. The molecule has 0 aliphatic carbocycles. The highest BCUT2D eigenvalue weighted by molar-refractivity contribution is 8.79. The van der Waals surface area contributed by atoms with Gasteiger partial charge in [0.15, 0.2) is 0 Å². The van der Waals surface area contributed by atoms with Crippen molar-refractivity contribution in [1.82, 2.24) is 5.06 Å². The van der Waals surface area contributed by atoms with Gasteiger partial charge in [0, 0.05) is 5.08 Å². The minimum absolute atomic E-state index is 0.596. The Hall–Kier alpha value is 0.290. The van der Waals surface area contributed by atoms with Crippen LogP contribution in [-0.2, 0) is 0 Å². The summed E-state index contributed by atoms with van der Waals surface area (Å²) in [6, 6.07) is 0. The van der Waals surface area contributed by atoms with Gasteiger partial charge in [0.05, 0.1) is 6.54 Å². The Balaban J connectivity index is 2.29. The fourth-order valence-corrected chi connectivity index (χ4v) is 3.77. The SMILES string of the molecule is CSCSSC1=CC=CCN1O. The van der Waals surface area contributed by atoms with Crippen LogP contribution in [0.25, 0.3) is 0 Å². The van der Waals surface area contributed by atoms with Crippen LogP contribution in [0.3, 0.4) is 0 Å². The van der Waals surface area contributed by atoms with Crippen molar-refractivity contribution in [3.05, 3.63) is 23.3 Å². The Bertz CT molecular complexity index is 193. The second-order valence-electron chi connectivity index (χ2n) is 2.12. The molecule has 0 aromatic heterocycles. The minimum Gasteiger partial charge on any atom is -0.288 e. The molecule has 0 saturated carbocycles. The van der Waals surface area contributed by atoms with E-state index in [1.54, 1.807) is 33.3 Å². The van der Waals surface area contributed by atoms with Gasteiger partial charge in [-0.25, -0.2) is 5.06 Å². The maximum atomic E-state index is 9.34. The van der Waals surface area contributed by atoms with Crippen LogP contribution in [0.2, 0.25) is 0 Å². The van der Waals surface area contributed by atoms with Gasteiger partial charge in [-0.15, -0.1) is 0 Å². The van der Waals surface area contributed by atoms with E-state index in [0.717, 1.165) is 10.1 Å². The second-order valence-corrected chi connectivity index (χ2v) is 5.67. The highest BCUT2D eigenvalue weighted by atomic mass is 33.1. The Kier molecular flexibility index (Phi) is 5.06. The number of hydrogen-bond donors (Lipinski definition) is 1. The summed E-state index contributed by atoms with van der Waals surface area (Å²) in [7, 11) is 3.35. The highest BCUT2D eigenvalue weighted by Gasteiger charge is 2.07. The van der Waals surface area contributed by atoms with Gasteiger partial charge < -0.3 is 0 Å². The molecule has 5 heteroatoms. The molecule has 0 aromatic carbocycles. The molecular formula is C7H11NOS3. The van der Waals surface area contributed by atoms with Crippen LogP contribution in [0.5, 0.6) is 0 Å². The first-order valence-corrected chi connectivity index (χ1v) is 7.17. The zero-order valence-corrected chi connectivity index (χ0v) is 9.21. The van der Waals surface area contributed by atoms with E-state index in [1.165, 1.54) is 5.06 Å². The molecule has 1 aliphatic heterocycles. The molecule has 0 aromatic rings. The quantitative estimate of drug-likeness (QED) is 0.447. The Morgan fingerprint density at radius 1 is 1.67 bits per heavy atom. The molecule has 0 saturated heterocycles. The first-order chi connectivity index (χ1) is 5.84. The first kappa shape index (κ1) is 10.4. The molecule has 2 nitrogen and oxygen atoms in total. The molecule has 1 aliphatic rings. The van der Waals surface area contributed by atoms with E-state index in [9.17, 15) is 5.21 Å². The van der Waals surface area contributed by atoms with Gasteiger partial charge in [-0.3, -0.25) is 5.21 Å². The van der Waals surface area contributed by atoms with E-state index in [-0.39, 0.29) is 0 Å². The molecule has 0 radical (unpaired) electrons. The third-order valence-electron chi connectivity index (χ3n) is 1.22. The van der Waals surface area contributed by atoms with E-state index in [1.807, 2.05) is 18.2 Å². The first-order valence-electron chi connectivity index (χ1n) is 3.46. The topological polar surface area (TPSA) is 23.5 Å². The molecule has 68 valence electrons. The summed E-state index contributed by atoms with van der Waals surface area (Å²) in [5.74, 6) is 0. The van der Waals surface area contributed by atoms with Crippen molar-refractivity contribution < 1.29 is 5.21 Å². The van der Waals surface area contributed by atoms with E-state index in [0.29, 0.717) is 6.54 Å². The predicted octanol–water partition coefficient (Wildman–Crippen LogP) is 2.79. The molecule has 0 atom stereocenters. The van der Waals surface area contributed by atoms with Crippen LogP contribution < -0.4 is 0 Å². The third kappa shape index (κ3) is 3.35.